The molecule has 23 heavy (non-hydrogen) atoms. The van der Waals surface area contributed by atoms with E-state index in [-0.39, 0.29) is 17.8 Å². The number of hydrogen-bond acceptors (Lipinski definition) is 1. The molecule has 0 fully saturated rings. The SMILES string of the molecule is C[C@H](C(=O)N1CCc2ccccc21)[NH+](C)Cc1ccc(F)cc1. The molecular formula is C19H22FN2O+. The first-order chi connectivity index (χ1) is 11.1. The molecule has 2 atom stereocenters. The Balaban J connectivity index is 1.69. The second kappa shape index (κ2) is 6.50. The number of rotatable bonds is 4. The van der Waals surface area contributed by atoms with Crippen molar-refractivity contribution in [1.29, 1.82) is 0 Å². The average molecular weight is 313 g/mol. The number of para-hydroxylation sites is 1. The second-order valence-corrected chi connectivity index (χ2v) is 6.24. The van der Waals surface area contributed by atoms with Crippen molar-refractivity contribution in [1.82, 2.24) is 0 Å². The summed E-state index contributed by atoms with van der Waals surface area (Å²) in [7, 11) is 2.01. The highest BCUT2D eigenvalue weighted by Gasteiger charge is 2.31. The van der Waals surface area contributed by atoms with Crippen LogP contribution in [-0.2, 0) is 17.8 Å². The lowest BCUT2D eigenvalue weighted by Gasteiger charge is -2.26. The maximum Gasteiger partial charge on any atom is 0.284 e. The highest BCUT2D eigenvalue weighted by atomic mass is 19.1. The number of fused-ring (bicyclic) bond motifs is 1. The molecule has 0 radical (unpaired) electrons. The molecule has 1 unspecified atom stereocenters. The van der Waals surface area contributed by atoms with Crippen molar-refractivity contribution in [3.8, 4) is 0 Å². The van der Waals surface area contributed by atoms with E-state index in [4.69, 9.17) is 0 Å². The van der Waals surface area contributed by atoms with Gasteiger partial charge in [0.2, 0.25) is 0 Å². The summed E-state index contributed by atoms with van der Waals surface area (Å²) in [5, 5.41) is 0. The van der Waals surface area contributed by atoms with Crippen LogP contribution in [0.1, 0.15) is 18.1 Å². The molecule has 1 N–H and O–H groups in total. The molecule has 1 aliphatic rings. The van der Waals surface area contributed by atoms with E-state index in [2.05, 4.69) is 6.07 Å². The van der Waals surface area contributed by atoms with Gasteiger partial charge >= 0.3 is 0 Å². The van der Waals surface area contributed by atoms with E-state index in [0.29, 0.717) is 6.54 Å². The third-order valence-electron chi connectivity index (χ3n) is 4.66. The molecule has 1 heterocycles. The zero-order valence-electron chi connectivity index (χ0n) is 13.6. The van der Waals surface area contributed by atoms with Crippen LogP contribution in [0.25, 0.3) is 0 Å². The molecule has 0 aromatic heterocycles. The third kappa shape index (κ3) is 3.27. The molecular weight excluding hydrogens is 291 g/mol. The minimum Gasteiger partial charge on any atom is -0.324 e. The number of halogens is 1. The van der Waals surface area contributed by atoms with Gasteiger partial charge in [-0.2, -0.15) is 0 Å². The predicted octanol–water partition coefficient (Wildman–Crippen LogP) is 1.82. The fraction of sp³-hybridized carbons (Fsp3) is 0.316. The third-order valence-corrected chi connectivity index (χ3v) is 4.66. The van der Waals surface area contributed by atoms with Crippen LogP contribution in [-0.4, -0.2) is 25.5 Å². The van der Waals surface area contributed by atoms with Crippen LogP contribution >= 0.6 is 0 Å². The minimum absolute atomic E-state index is 0.147. The van der Waals surface area contributed by atoms with E-state index in [0.717, 1.165) is 29.1 Å². The van der Waals surface area contributed by atoms with Crippen LogP contribution in [0.5, 0.6) is 0 Å². The number of carbonyl (C=O) groups is 1. The molecule has 2 aromatic rings. The Hall–Kier alpha value is -2.20. The lowest BCUT2D eigenvalue weighted by molar-refractivity contribution is -0.908. The summed E-state index contributed by atoms with van der Waals surface area (Å²) in [5.74, 6) is -0.0845. The first kappa shape index (κ1) is 15.7. The summed E-state index contributed by atoms with van der Waals surface area (Å²) in [4.78, 5) is 15.8. The number of anilines is 1. The van der Waals surface area contributed by atoms with E-state index in [1.54, 1.807) is 12.1 Å². The average Bonchev–Trinajstić information content (AvgIpc) is 2.99. The number of amides is 1. The summed E-state index contributed by atoms with van der Waals surface area (Å²) < 4.78 is 13.0. The predicted molar refractivity (Wildman–Crippen MR) is 89.0 cm³/mol. The molecule has 4 heteroatoms. The van der Waals surface area contributed by atoms with Crippen LogP contribution in [0.3, 0.4) is 0 Å². The molecule has 0 bridgehead atoms. The van der Waals surface area contributed by atoms with Crippen molar-refractivity contribution in [2.45, 2.75) is 25.9 Å². The Morgan fingerprint density at radius 2 is 1.91 bits per heavy atom. The molecule has 0 saturated heterocycles. The van der Waals surface area contributed by atoms with Gasteiger partial charge in [0.1, 0.15) is 12.4 Å². The normalized spacial score (nSPS) is 16.0. The van der Waals surface area contributed by atoms with Crippen molar-refractivity contribution in [3.05, 3.63) is 65.5 Å². The Kier molecular flexibility index (Phi) is 4.44. The van der Waals surface area contributed by atoms with Gasteiger partial charge in [0, 0.05) is 17.8 Å². The number of hydrogen-bond donors (Lipinski definition) is 1. The van der Waals surface area contributed by atoms with Crippen LogP contribution in [0.4, 0.5) is 10.1 Å². The number of likely N-dealkylation sites (N-methyl/N-ethyl adjacent to an activating group) is 1. The first-order valence-electron chi connectivity index (χ1n) is 8.02. The van der Waals surface area contributed by atoms with Gasteiger partial charge in [0.15, 0.2) is 6.04 Å². The summed E-state index contributed by atoms with van der Waals surface area (Å²) >= 11 is 0. The maximum atomic E-state index is 13.0. The van der Waals surface area contributed by atoms with Gasteiger partial charge in [-0.05, 0) is 37.1 Å². The molecule has 0 spiro atoms. The molecule has 3 rings (SSSR count). The molecule has 120 valence electrons. The van der Waals surface area contributed by atoms with Crippen LogP contribution in [0.15, 0.2) is 48.5 Å². The van der Waals surface area contributed by atoms with Crippen molar-refractivity contribution in [2.75, 3.05) is 18.5 Å². The highest BCUT2D eigenvalue weighted by molar-refractivity contribution is 5.97. The quantitative estimate of drug-likeness (QED) is 0.915. The van der Waals surface area contributed by atoms with Gasteiger partial charge in [-0.15, -0.1) is 0 Å². The number of nitrogens with zero attached hydrogens (tertiary/aromatic N) is 1. The second-order valence-electron chi connectivity index (χ2n) is 6.24. The number of benzene rings is 2. The molecule has 1 aliphatic heterocycles. The number of nitrogens with one attached hydrogen (secondary N) is 1. The standard InChI is InChI=1S/C19H21FN2O/c1-14(21(2)13-15-7-9-17(20)10-8-15)19(23)22-12-11-16-5-3-4-6-18(16)22/h3-10,14H,11-13H2,1-2H3/p+1/t14-/m1/s1. The summed E-state index contributed by atoms with van der Waals surface area (Å²) in [5.41, 5.74) is 3.31. The Bertz CT molecular complexity index is 699. The van der Waals surface area contributed by atoms with Crippen LogP contribution < -0.4 is 9.80 Å². The fourth-order valence-corrected chi connectivity index (χ4v) is 3.09. The molecule has 1 amide bonds. The summed E-state index contributed by atoms with van der Waals surface area (Å²) in [6, 6.07) is 14.4. The molecule has 2 aromatic carbocycles. The molecule has 0 saturated carbocycles. The van der Waals surface area contributed by atoms with Crippen molar-refractivity contribution in [3.63, 3.8) is 0 Å². The van der Waals surface area contributed by atoms with Gasteiger partial charge in [-0.1, -0.05) is 30.3 Å². The van der Waals surface area contributed by atoms with Crippen LogP contribution in [0, 0.1) is 5.82 Å². The Morgan fingerprint density at radius 3 is 2.65 bits per heavy atom. The van der Waals surface area contributed by atoms with Gasteiger partial charge in [0.05, 0.1) is 7.05 Å². The van der Waals surface area contributed by atoms with E-state index in [1.807, 2.05) is 37.1 Å². The van der Waals surface area contributed by atoms with Crippen molar-refractivity contribution < 1.29 is 14.1 Å². The van der Waals surface area contributed by atoms with Gasteiger partial charge in [0.25, 0.3) is 5.91 Å². The number of carbonyl (C=O) groups excluding carboxylic acids is 1. The minimum atomic E-state index is -0.232. The summed E-state index contributed by atoms with van der Waals surface area (Å²) in [6.07, 6.45) is 0.922. The largest absolute Gasteiger partial charge is 0.324 e. The number of quaternary nitrogens is 1. The highest BCUT2D eigenvalue weighted by Crippen LogP contribution is 2.27. The van der Waals surface area contributed by atoms with Gasteiger partial charge < -0.3 is 9.80 Å². The lowest BCUT2D eigenvalue weighted by atomic mass is 10.1. The molecule has 3 nitrogen and oxygen atoms in total. The van der Waals surface area contributed by atoms with E-state index in [1.165, 1.54) is 17.7 Å². The zero-order valence-corrected chi connectivity index (χ0v) is 13.6. The van der Waals surface area contributed by atoms with E-state index in [9.17, 15) is 9.18 Å². The Labute approximate surface area is 136 Å². The zero-order chi connectivity index (χ0) is 16.4. The van der Waals surface area contributed by atoms with Crippen molar-refractivity contribution in [2.24, 2.45) is 0 Å². The van der Waals surface area contributed by atoms with Crippen LogP contribution in [0.2, 0.25) is 0 Å². The maximum absolute atomic E-state index is 13.0. The van der Waals surface area contributed by atoms with Gasteiger partial charge in [-0.25, -0.2) is 4.39 Å². The smallest absolute Gasteiger partial charge is 0.284 e. The lowest BCUT2D eigenvalue weighted by Crippen LogP contribution is -3.12. The van der Waals surface area contributed by atoms with E-state index >= 15 is 0 Å². The van der Waals surface area contributed by atoms with Crippen molar-refractivity contribution >= 4 is 11.6 Å². The Morgan fingerprint density at radius 1 is 1.22 bits per heavy atom. The van der Waals surface area contributed by atoms with Gasteiger partial charge in [-0.3, -0.25) is 4.79 Å². The molecule has 0 aliphatic carbocycles. The summed E-state index contributed by atoms with van der Waals surface area (Å²) in [6.45, 7) is 3.41. The topological polar surface area (TPSA) is 24.8 Å². The monoisotopic (exact) mass is 313 g/mol. The van der Waals surface area contributed by atoms with E-state index < -0.39 is 0 Å². The first-order valence-corrected chi connectivity index (χ1v) is 8.02. The fourth-order valence-electron chi connectivity index (χ4n) is 3.09.